The number of ether oxygens (including phenoxy) is 1. The summed E-state index contributed by atoms with van der Waals surface area (Å²) in [6, 6.07) is 0. The Balaban J connectivity index is 0.00000676. The Morgan fingerprint density at radius 2 is 1.48 bits per heavy atom. The first-order valence-corrected chi connectivity index (χ1v) is 10.2. The van der Waals surface area contributed by atoms with Gasteiger partial charge in [0, 0.05) is 6.42 Å². The molecule has 0 saturated carbocycles. The molecule has 0 fully saturated rings. The molecule has 150 valence electrons. The molecular formula is C21H35NaO5. The van der Waals surface area contributed by atoms with E-state index < -0.39 is 30.2 Å². The smallest absolute Gasteiger partial charge is 0.872 e. The van der Waals surface area contributed by atoms with Gasteiger partial charge in [-0.15, -0.1) is 0 Å². The van der Waals surface area contributed by atoms with E-state index in [-0.39, 0.29) is 41.6 Å². The first kappa shape index (κ1) is 26.6. The average Bonchev–Trinajstić information content (AvgIpc) is 2.89. The second-order valence-corrected chi connectivity index (χ2v) is 7.71. The summed E-state index contributed by atoms with van der Waals surface area (Å²) in [5.74, 6) is -1.19. The molecule has 5 nitrogen and oxygen atoms in total. The summed E-state index contributed by atoms with van der Waals surface area (Å²) < 4.78 is 4.68. The quantitative estimate of drug-likeness (QED) is 0.190. The standard InChI is InChI=1S/C21H36O5.Na/c1-16(2)13-11-9-7-5-3-4-6-8-10-12-14-17(23)19-20(24)18(15-22)26-21(19)25;/h16,18,22,24H,3-15H2,1-2H3;/q;+1/p-1. The van der Waals surface area contributed by atoms with Gasteiger partial charge in [-0.25, -0.2) is 4.79 Å². The third-order valence-electron chi connectivity index (χ3n) is 4.87. The van der Waals surface area contributed by atoms with E-state index in [1.54, 1.807) is 0 Å². The summed E-state index contributed by atoms with van der Waals surface area (Å²) in [5, 5.41) is 20.7. The van der Waals surface area contributed by atoms with E-state index in [0.717, 1.165) is 18.8 Å². The minimum atomic E-state index is -1.19. The van der Waals surface area contributed by atoms with Gasteiger partial charge in [-0.05, 0) is 12.3 Å². The second-order valence-electron chi connectivity index (χ2n) is 7.71. The molecule has 27 heavy (non-hydrogen) atoms. The Morgan fingerprint density at radius 1 is 1.00 bits per heavy atom. The molecular weight excluding hydrogens is 355 g/mol. The van der Waals surface area contributed by atoms with Crippen molar-refractivity contribution in [3.05, 3.63) is 11.3 Å². The number of rotatable bonds is 15. The van der Waals surface area contributed by atoms with Crippen LogP contribution in [0.4, 0.5) is 0 Å². The molecule has 0 aromatic rings. The molecule has 0 spiro atoms. The Kier molecular flexibility index (Phi) is 15.3. The molecule has 1 atom stereocenters. The molecule has 6 heteroatoms. The molecule has 0 aromatic carbocycles. The first-order chi connectivity index (χ1) is 12.5. The SMILES string of the molecule is CC(C)CCCCCCCCCCCCC(=O)C1=C([O-])C(CO)OC1=O.[Na+]. The zero-order valence-corrected chi connectivity index (χ0v) is 19.4. The number of unbranched alkanes of at least 4 members (excludes halogenated alkanes) is 9. The van der Waals surface area contributed by atoms with Crippen molar-refractivity contribution >= 4 is 11.8 Å². The molecule has 0 saturated heterocycles. The molecule has 0 aliphatic carbocycles. The third-order valence-corrected chi connectivity index (χ3v) is 4.87. The molecule has 0 radical (unpaired) electrons. The van der Waals surface area contributed by atoms with Crippen molar-refractivity contribution in [2.75, 3.05) is 6.61 Å². The Bertz CT molecular complexity index is 473. The van der Waals surface area contributed by atoms with Gasteiger partial charge in [0.05, 0.1) is 12.2 Å². The summed E-state index contributed by atoms with van der Waals surface area (Å²) >= 11 is 0. The Morgan fingerprint density at radius 3 is 1.93 bits per heavy atom. The molecule has 0 aromatic heterocycles. The van der Waals surface area contributed by atoms with Crippen molar-refractivity contribution in [1.82, 2.24) is 0 Å². The Labute approximate surface area is 186 Å². The van der Waals surface area contributed by atoms with Crippen LogP contribution < -0.4 is 34.7 Å². The van der Waals surface area contributed by atoms with Crippen LogP contribution in [0.1, 0.15) is 90.9 Å². The monoisotopic (exact) mass is 390 g/mol. The van der Waals surface area contributed by atoms with Crippen molar-refractivity contribution in [2.24, 2.45) is 5.92 Å². The van der Waals surface area contributed by atoms with Crippen LogP contribution in [0, 0.1) is 5.92 Å². The molecule has 1 rings (SSSR count). The van der Waals surface area contributed by atoms with E-state index in [1.165, 1.54) is 51.4 Å². The summed E-state index contributed by atoms with van der Waals surface area (Å²) in [7, 11) is 0. The van der Waals surface area contributed by atoms with E-state index in [0.29, 0.717) is 6.42 Å². The van der Waals surface area contributed by atoms with Crippen LogP contribution >= 0.6 is 0 Å². The van der Waals surface area contributed by atoms with E-state index in [9.17, 15) is 14.7 Å². The van der Waals surface area contributed by atoms with Crippen molar-refractivity contribution < 1.29 is 54.1 Å². The predicted octanol–water partition coefficient (Wildman–Crippen LogP) is 0.429. The number of Topliss-reactive ketones (excluding diaryl/α,β-unsaturated/α-hetero) is 1. The number of cyclic esters (lactones) is 1. The van der Waals surface area contributed by atoms with E-state index >= 15 is 0 Å². The van der Waals surface area contributed by atoms with Crippen LogP contribution in [-0.4, -0.2) is 29.6 Å². The molecule has 1 aliphatic heterocycles. The average molecular weight is 390 g/mol. The van der Waals surface area contributed by atoms with Crippen LogP contribution in [0.15, 0.2) is 11.3 Å². The fourth-order valence-electron chi connectivity index (χ4n) is 3.25. The normalized spacial score (nSPS) is 16.6. The van der Waals surface area contributed by atoms with Gasteiger partial charge in [-0.3, -0.25) is 4.79 Å². The predicted molar refractivity (Wildman–Crippen MR) is 99.2 cm³/mol. The number of hydrogen-bond acceptors (Lipinski definition) is 5. The van der Waals surface area contributed by atoms with Crippen molar-refractivity contribution in [3.63, 3.8) is 0 Å². The largest absolute Gasteiger partial charge is 1.00 e. The van der Waals surface area contributed by atoms with Crippen LogP contribution in [0.5, 0.6) is 0 Å². The number of ketones is 1. The van der Waals surface area contributed by atoms with Gasteiger partial charge in [-0.2, -0.15) is 0 Å². The van der Waals surface area contributed by atoms with Gasteiger partial charge in [0.15, 0.2) is 5.78 Å². The van der Waals surface area contributed by atoms with E-state index in [4.69, 9.17) is 5.11 Å². The summed E-state index contributed by atoms with van der Waals surface area (Å²) in [4.78, 5) is 23.5. The van der Waals surface area contributed by atoms with Gasteiger partial charge < -0.3 is 14.9 Å². The van der Waals surface area contributed by atoms with Crippen molar-refractivity contribution in [2.45, 2.75) is 97.0 Å². The summed E-state index contributed by atoms with van der Waals surface area (Å²) in [5.41, 5.74) is -0.387. The van der Waals surface area contributed by atoms with Gasteiger partial charge in [0.2, 0.25) is 0 Å². The van der Waals surface area contributed by atoms with Crippen molar-refractivity contribution in [1.29, 1.82) is 0 Å². The molecule has 1 N–H and O–H groups in total. The number of esters is 1. The molecule has 1 aliphatic rings. The zero-order valence-electron chi connectivity index (χ0n) is 17.4. The molecule has 1 unspecified atom stereocenters. The third kappa shape index (κ3) is 10.7. The molecule has 0 amide bonds. The number of carbonyl (C=O) groups excluding carboxylic acids is 2. The fourth-order valence-corrected chi connectivity index (χ4v) is 3.25. The van der Waals surface area contributed by atoms with Crippen LogP contribution in [0.3, 0.4) is 0 Å². The van der Waals surface area contributed by atoms with Crippen LogP contribution in [0.2, 0.25) is 0 Å². The fraction of sp³-hybridized carbons (Fsp3) is 0.810. The minimum absolute atomic E-state index is 0. The first-order valence-electron chi connectivity index (χ1n) is 10.2. The van der Waals surface area contributed by atoms with Gasteiger partial charge in [0.25, 0.3) is 0 Å². The number of aliphatic hydroxyl groups excluding tert-OH is 1. The summed E-state index contributed by atoms with van der Waals surface area (Å²) in [6.07, 6.45) is 12.1. The van der Waals surface area contributed by atoms with Gasteiger partial charge in [0.1, 0.15) is 6.10 Å². The number of hydrogen-bond donors (Lipinski definition) is 1. The maximum absolute atomic E-state index is 12.0. The van der Waals surface area contributed by atoms with Gasteiger partial charge in [-0.1, -0.05) is 83.8 Å². The second kappa shape index (κ2) is 15.5. The topological polar surface area (TPSA) is 86.7 Å². The maximum atomic E-state index is 12.0. The summed E-state index contributed by atoms with van der Waals surface area (Å²) in [6.45, 7) is 3.98. The van der Waals surface area contributed by atoms with Crippen LogP contribution in [-0.2, 0) is 14.3 Å². The molecule has 0 bridgehead atoms. The zero-order chi connectivity index (χ0) is 19.4. The number of carbonyl (C=O) groups is 2. The number of aliphatic hydroxyl groups is 1. The minimum Gasteiger partial charge on any atom is -0.872 e. The Hall–Kier alpha value is -0.360. The van der Waals surface area contributed by atoms with E-state index in [2.05, 4.69) is 18.6 Å². The van der Waals surface area contributed by atoms with E-state index in [1.807, 2.05) is 0 Å². The van der Waals surface area contributed by atoms with Crippen molar-refractivity contribution in [3.8, 4) is 0 Å². The van der Waals surface area contributed by atoms with Crippen LogP contribution in [0.25, 0.3) is 0 Å². The maximum Gasteiger partial charge on any atom is 1.00 e. The van der Waals surface area contributed by atoms with Gasteiger partial charge >= 0.3 is 35.5 Å². The molecule has 1 heterocycles.